The molecule has 3 rings (SSSR count). The highest BCUT2D eigenvalue weighted by molar-refractivity contribution is 5.81. The molecule has 4 nitrogen and oxygen atoms in total. The molecule has 2 aromatic rings. The summed E-state index contributed by atoms with van der Waals surface area (Å²) in [5, 5.41) is 11.2. The van der Waals surface area contributed by atoms with E-state index >= 15 is 0 Å². The molecule has 1 fully saturated rings. The zero-order valence-corrected chi connectivity index (χ0v) is 8.90. The van der Waals surface area contributed by atoms with Crippen LogP contribution in [0.25, 0.3) is 10.9 Å². The van der Waals surface area contributed by atoms with Crippen molar-refractivity contribution in [3.63, 3.8) is 0 Å². The maximum atomic E-state index is 4.34. The van der Waals surface area contributed by atoms with E-state index in [-0.39, 0.29) is 6.29 Å². The van der Waals surface area contributed by atoms with Gasteiger partial charge in [-0.25, -0.2) is 0 Å². The minimum atomic E-state index is 0.168. The van der Waals surface area contributed by atoms with Gasteiger partial charge in [-0.05, 0) is 18.2 Å². The van der Waals surface area contributed by atoms with Crippen LogP contribution in [-0.4, -0.2) is 24.4 Å². The SMILES string of the molecule is c1cnc2cc(NC3NCCN3)ccc2c1. The lowest BCUT2D eigenvalue weighted by atomic mass is 10.2. The largest absolute Gasteiger partial charge is 0.358 e. The number of nitrogens with one attached hydrogen (secondary N) is 3. The molecule has 3 N–H and O–H groups in total. The Bertz CT molecular complexity index is 491. The number of hydrogen-bond donors (Lipinski definition) is 3. The van der Waals surface area contributed by atoms with E-state index in [1.54, 1.807) is 0 Å². The van der Waals surface area contributed by atoms with E-state index in [0.717, 1.165) is 24.3 Å². The van der Waals surface area contributed by atoms with Gasteiger partial charge in [-0.1, -0.05) is 12.1 Å². The maximum absolute atomic E-state index is 4.34. The number of hydrogen-bond acceptors (Lipinski definition) is 4. The Morgan fingerprint density at radius 2 is 2.06 bits per heavy atom. The van der Waals surface area contributed by atoms with E-state index in [4.69, 9.17) is 0 Å². The number of aromatic nitrogens is 1. The molecular weight excluding hydrogens is 200 g/mol. The predicted octanol–water partition coefficient (Wildman–Crippen LogP) is 1.12. The summed E-state index contributed by atoms with van der Waals surface area (Å²) in [7, 11) is 0. The minimum absolute atomic E-state index is 0.168. The third-order valence-electron chi connectivity index (χ3n) is 2.74. The average molecular weight is 214 g/mol. The van der Waals surface area contributed by atoms with Gasteiger partial charge >= 0.3 is 0 Å². The molecule has 0 spiro atoms. The van der Waals surface area contributed by atoms with Crippen molar-refractivity contribution in [2.45, 2.75) is 6.29 Å². The first-order chi connectivity index (χ1) is 7.92. The first-order valence-corrected chi connectivity index (χ1v) is 5.50. The monoisotopic (exact) mass is 214 g/mol. The second-order valence-corrected chi connectivity index (χ2v) is 3.90. The molecule has 1 aromatic carbocycles. The Morgan fingerprint density at radius 1 is 1.19 bits per heavy atom. The molecule has 0 radical (unpaired) electrons. The maximum Gasteiger partial charge on any atom is 0.132 e. The van der Waals surface area contributed by atoms with Crippen molar-refractivity contribution in [3.05, 3.63) is 36.5 Å². The molecule has 0 bridgehead atoms. The van der Waals surface area contributed by atoms with E-state index in [2.05, 4.69) is 45.2 Å². The first kappa shape index (κ1) is 9.57. The Labute approximate surface area is 94.1 Å². The fourth-order valence-corrected chi connectivity index (χ4v) is 1.93. The highest BCUT2D eigenvalue weighted by atomic mass is 15.3. The molecule has 1 aromatic heterocycles. The molecule has 4 heteroatoms. The molecule has 0 saturated carbocycles. The lowest BCUT2D eigenvalue weighted by Gasteiger charge is -2.14. The summed E-state index contributed by atoms with van der Waals surface area (Å²) in [4.78, 5) is 4.34. The Hall–Kier alpha value is -1.65. The van der Waals surface area contributed by atoms with Gasteiger partial charge in [0.1, 0.15) is 6.29 Å². The minimum Gasteiger partial charge on any atom is -0.358 e. The van der Waals surface area contributed by atoms with Crippen LogP contribution in [0.4, 0.5) is 5.69 Å². The summed E-state index contributed by atoms with van der Waals surface area (Å²) in [6.07, 6.45) is 1.99. The summed E-state index contributed by atoms with van der Waals surface area (Å²) in [5.74, 6) is 0. The van der Waals surface area contributed by atoms with Crippen LogP contribution in [-0.2, 0) is 0 Å². The van der Waals surface area contributed by atoms with Crippen LogP contribution in [0.15, 0.2) is 36.5 Å². The Balaban J connectivity index is 1.86. The number of nitrogens with zero attached hydrogens (tertiary/aromatic N) is 1. The van der Waals surface area contributed by atoms with Gasteiger partial charge in [-0.15, -0.1) is 0 Å². The van der Waals surface area contributed by atoms with Crippen molar-refractivity contribution >= 4 is 16.6 Å². The molecule has 82 valence electrons. The van der Waals surface area contributed by atoms with Gasteiger partial charge in [0.05, 0.1) is 5.52 Å². The molecular formula is C12H14N4. The van der Waals surface area contributed by atoms with Crippen molar-refractivity contribution in [1.29, 1.82) is 0 Å². The second-order valence-electron chi connectivity index (χ2n) is 3.90. The standard InChI is InChI=1S/C12H14N4/c1-2-9-3-4-10(8-11(9)13-5-1)16-12-14-6-7-15-12/h1-5,8,12,14-16H,6-7H2. The van der Waals surface area contributed by atoms with Crippen LogP contribution < -0.4 is 16.0 Å². The van der Waals surface area contributed by atoms with Crippen LogP contribution in [0, 0.1) is 0 Å². The van der Waals surface area contributed by atoms with Gasteiger partial charge in [0, 0.05) is 30.4 Å². The van der Waals surface area contributed by atoms with Crippen LogP contribution in [0.3, 0.4) is 0 Å². The second kappa shape index (κ2) is 4.08. The molecule has 1 aliphatic heterocycles. The zero-order valence-electron chi connectivity index (χ0n) is 8.90. The summed E-state index contributed by atoms with van der Waals surface area (Å²) in [5.41, 5.74) is 2.10. The van der Waals surface area contributed by atoms with Crippen molar-refractivity contribution in [2.75, 3.05) is 18.4 Å². The zero-order chi connectivity index (χ0) is 10.8. The van der Waals surface area contributed by atoms with Gasteiger partial charge in [0.2, 0.25) is 0 Å². The molecule has 0 unspecified atom stereocenters. The third kappa shape index (κ3) is 1.85. The van der Waals surface area contributed by atoms with E-state index in [9.17, 15) is 0 Å². The van der Waals surface area contributed by atoms with Crippen LogP contribution in [0.2, 0.25) is 0 Å². The molecule has 16 heavy (non-hydrogen) atoms. The van der Waals surface area contributed by atoms with Crippen LogP contribution >= 0.6 is 0 Å². The first-order valence-electron chi connectivity index (χ1n) is 5.50. The highest BCUT2D eigenvalue weighted by Gasteiger charge is 2.11. The number of rotatable bonds is 2. The van der Waals surface area contributed by atoms with Crippen LogP contribution in [0.1, 0.15) is 0 Å². The van der Waals surface area contributed by atoms with E-state index < -0.39 is 0 Å². The van der Waals surface area contributed by atoms with Crippen LogP contribution in [0.5, 0.6) is 0 Å². The van der Waals surface area contributed by atoms with Gasteiger partial charge < -0.3 is 5.32 Å². The quantitative estimate of drug-likeness (QED) is 0.701. The van der Waals surface area contributed by atoms with E-state index in [0.29, 0.717) is 0 Å². The summed E-state index contributed by atoms with van der Waals surface area (Å²) in [6, 6.07) is 10.2. The van der Waals surface area contributed by atoms with Gasteiger partial charge in [0.25, 0.3) is 0 Å². The number of benzene rings is 1. The molecule has 0 amide bonds. The molecule has 0 aliphatic carbocycles. The van der Waals surface area contributed by atoms with Crippen molar-refractivity contribution in [2.24, 2.45) is 0 Å². The highest BCUT2D eigenvalue weighted by Crippen LogP contribution is 2.17. The molecule has 0 atom stereocenters. The fraction of sp³-hybridized carbons (Fsp3) is 0.250. The normalized spacial score (nSPS) is 16.8. The van der Waals surface area contributed by atoms with Gasteiger partial charge in [-0.3, -0.25) is 15.6 Å². The molecule has 2 heterocycles. The summed E-state index contributed by atoms with van der Waals surface area (Å²) >= 11 is 0. The molecule has 1 saturated heterocycles. The lowest BCUT2D eigenvalue weighted by Crippen LogP contribution is -2.38. The lowest BCUT2D eigenvalue weighted by molar-refractivity contribution is 0.621. The fourth-order valence-electron chi connectivity index (χ4n) is 1.93. The van der Waals surface area contributed by atoms with E-state index in [1.807, 2.05) is 12.3 Å². The summed E-state index contributed by atoms with van der Waals surface area (Å²) in [6.45, 7) is 2.01. The van der Waals surface area contributed by atoms with Crippen molar-refractivity contribution in [1.82, 2.24) is 15.6 Å². The average Bonchev–Trinajstić information content (AvgIpc) is 2.82. The molecule has 1 aliphatic rings. The number of pyridine rings is 1. The van der Waals surface area contributed by atoms with Gasteiger partial charge in [0.15, 0.2) is 0 Å². The predicted molar refractivity (Wildman–Crippen MR) is 65.2 cm³/mol. The number of anilines is 1. The van der Waals surface area contributed by atoms with Gasteiger partial charge in [-0.2, -0.15) is 0 Å². The Kier molecular flexibility index (Phi) is 2.44. The number of fused-ring (bicyclic) bond motifs is 1. The third-order valence-corrected chi connectivity index (χ3v) is 2.74. The van der Waals surface area contributed by atoms with Crippen molar-refractivity contribution in [3.8, 4) is 0 Å². The smallest absolute Gasteiger partial charge is 0.132 e. The van der Waals surface area contributed by atoms with E-state index in [1.165, 1.54) is 5.39 Å². The summed E-state index contributed by atoms with van der Waals surface area (Å²) < 4.78 is 0. The topological polar surface area (TPSA) is 49.0 Å². The van der Waals surface area contributed by atoms with Crippen molar-refractivity contribution < 1.29 is 0 Å². The Morgan fingerprint density at radius 3 is 2.94 bits per heavy atom.